The summed E-state index contributed by atoms with van der Waals surface area (Å²) in [5.41, 5.74) is 3.92. The number of aryl methyl sites for hydroxylation is 1. The number of nitrogens with one attached hydrogen (secondary N) is 1. The van der Waals surface area contributed by atoms with E-state index in [0.29, 0.717) is 13.2 Å². The maximum Gasteiger partial charge on any atom is 0.259 e. The van der Waals surface area contributed by atoms with Gasteiger partial charge in [-0.3, -0.25) is 9.20 Å². The zero-order valence-electron chi connectivity index (χ0n) is 15.5. The number of hydrogen-bond donors (Lipinski definition) is 1. The van der Waals surface area contributed by atoms with E-state index in [1.807, 2.05) is 43.5 Å². The van der Waals surface area contributed by atoms with Gasteiger partial charge in [0.2, 0.25) is 0 Å². The first-order chi connectivity index (χ1) is 13.2. The highest BCUT2D eigenvalue weighted by Gasteiger charge is 2.15. The van der Waals surface area contributed by atoms with Crippen molar-refractivity contribution in [3.05, 3.63) is 70.1 Å². The maximum absolute atomic E-state index is 12.7. The van der Waals surface area contributed by atoms with Crippen LogP contribution in [0.1, 0.15) is 11.1 Å². The Morgan fingerprint density at radius 3 is 2.70 bits per heavy atom. The van der Waals surface area contributed by atoms with E-state index in [9.17, 15) is 4.79 Å². The van der Waals surface area contributed by atoms with Crippen LogP contribution in [0, 0.1) is 6.92 Å². The number of rotatable bonds is 5. The largest absolute Gasteiger partial charge is 0.385 e. The minimum absolute atomic E-state index is 0.0394. The molecular weight excluding hydrogens is 340 g/mol. The van der Waals surface area contributed by atoms with E-state index >= 15 is 0 Å². The highest BCUT2D eigenvalue weighted by atomic mass is 16.5. The topological polar surface area (TPSA) is 58.9 Å². The third-order valence-corrected chi connectivity index (χ3v) is 4.79. The molecule has 2 aromatic heterocycles. The van der Waals surface area contributed by atoms with Gasteiger partial charge in [0.1, 0.15) is 11.5 Å². The summed E-state index contributed by atoms with van der Waals surface area (Å²) in [6.07, 6.45) is 2.65. The van der Waals surface area contributed by atoms with Gasteiger partial charge in [0.25, 0.3) is 5.56 Å². The van der Waals surface area contributed by atoms with Crippen molar-refractivity contribution in [2.45, 2.75) is 13.3 Å². The molecule has 0 spiro atoms. The van der Waals surface area contributed by atoms with Crippen molar-refractivity contribution in [1.29, 1.82) is 0 Å². The van der Waals surface area contributed by atoms with Gasteiger partial charge in [0.05, 0.1) is 13.2 Å². The molecule has 140 valence electrons. The van der Waals surface area contributed by atoms with E-state index < -0.39 is 0 Å². The van der Waals surface area contributed by atoms with Crippen LogP contribution in [0.25, 0.3) is 5.65 Å². The fourth-order valence-corrected chi connectivity index (χ4v) is 3.45. The number of benzene rings is 1. The molecule has 0 unspecified atom stereocenters. The van der Waals surface area contributed by atoms with Gasteiger partial charge in [0.15, 0.2) is 0 Å². The van der Waals surface area contributed by atoms with Crippen molar-refractivity contribution >= 4 is 17.2 Å². The van der Waals surface area contributed by atoms with Crippen LogP contribution >= 0.6 is 0 Å². The number of hydrogen-bond acceptors (Lipinski definition) is 5. The molecule has 6 heteroatoms. The number of anilines is 2. The normalized spacial score (nSPS) is 14.5. The second kappa shape index (κ2) is 7.80. The second-order valence-corrected chi connectivity index (χ2v) is 6.83. The molecule has 1 aromatic carbocycles. The number of nitrogens with zero attached hydrogens (tertiary/aromatic N) is 3. The fourth-order valence-electron chi connectivity index (χ4n) is 3.45. The Morgan fingerprint density at radius 1 is 1.15 bits per heavy atom. The van der Waals surface area contributed by atoms with Gasteiger partial charge in [-0.1, -0.05) is 24.3 Å². The Kier molecular flexibility index (Phi) is 5.07. The van der Waals surface area contributed by atoms with Crippen LogP contribution in [0.5, 0.6) is 0 Å². The first-order valence-corrected chi connectivity index (χ1v) is 9.35. The van der Waals surface area contributed by atoms with E-state index in [-0.39, 0.29) is 5.56 Å². The zero-order chi connectivity index (χ0) is 18.6. The Balaban J connectivity index is 1.64. The molecule has 3 heterocycles. The van der Waals surface area contributed by atoms with E-state index in [1.54, 1.807) is 10.5 Å². The fraction of sp³-hybridized carbons (Fsp3) is 0.333. The van der Waals surface area contributed by atoms with Crippen molar-refractivity contribution in [3.8, 4) is 0 Å². The SMILES string of the molecule is Cc1cc(CCNc2ccccc2)c2nc(N3CCOCC3)cc(=O)n2c1. The number of ether oxygens (including phenoxy) is 1. The lowest BCUT2D eigenvalue weighted by atomic mass is 10.1. The van der Waals surface area contributed by atoms with Gasteiger partial charge < -0.3 is 15.0 Å². The predicted molar refractivity (Wildman–Crippen MR) is 108 cm³/mol. The van der Waals surface area contributed by atoms with E-state index in [2.05, 4.69) is 16.3 Å². The van der Waals surface area contributed by atoms with Gasteiger partial charge in [-0.15, -0.1) is 0 Å². The molecule has 4 rings (SSSR count). The molecule has 1 aliphatic heterocycles. The van der Waals surface area contributed by atoms with Crippen molar-refractivity contribution < 1.29 is 4.74 Å². The zero-order valence-corrected chi connectivity index (χ0v) is 15.5. The minimum Gasteiger partial charge on any atom is -0.385 e. The smallest absolute Gasteiger partial charge is 0.259 e. The quantitative estimate of drug-likeness (QED) is 0.754. The predicted octanol–water partition coefficient (Wildman–Crippen LogP) is 2.49. The molecule has 0 atom stereocenters. The van der Waals surface area contributed by atoms with Crippen LogP contribution in [0.4, 0.5) is 11.5 Å². The Morgan fingerprint density at radius 2 is 1.93 bits per heavy atom. The number of pyridine rings is 1. The first-order valence-electron chi connectivity index (χ1n) is 9.35. The standard InChI is InChI=1S/C21H24N4O2/c1-16-13-17(7-8-22-18-5-3-2-4-6-18)21-23-19(14-20(26)25(21)15-16)24-9-11-27-12-10-24/h2-6,13-15,22H,7-12H2,1H3. The number of fused-ring (bicyclic) bond motifs is 1. The van der Waals surface area contributed by atoms with Crippen molar-refractivity contribution in [2.75, 3.05) is 43.1 Å². The van der Waals surface area contributed by atoms with E-state index in [0.717, 1.165) is 54.3 Å². The lowest BCUT2D eigenvalue weighted by Crippen LogP contribution is -2.37. The molecule has 0 bridgehead atoms. The van der Waals surface area contributed by atoms with Crippen molar-refractivity contribution in [2.24, 2.45) is 0 Å². The Bertz CT molecular complexity index is 979. The van der Waals surface area contributed by atoms with E-state index in [4.69, 9.17) is 9.72 Å². The third kappa shape index (κ3) is 3.95. The van der Waals surface area contributed by atoms with Gasteiger partial charge in [0, 0.05) is 37.6 Å². The molecular formula is C21H24N4O2. The molecule has 27 heavy (non-hydrogen) atoms. The summed E-state index contributed by atoms with van der Waals surface area (Å²) in [7, 11) is 0. The molecule has 1 aliphatic rings. The molecule has 0 amide bonds. The van der Waals surface area contributed by atoms with Gasteiger partial charge in [-0.05, 0) is 36.6 Å². The monoisotopic (exact) mass is 364 g/mol. The molecule has 1 saturated heterocycles. The molecule has 6 nitrogen and oxygen atoms in total. The lowest BCUT2D eigenvalue weighted by molar-refractivity contribution is 0.122. The molecule has 0 radical (unpaired) electrons. The number of aromatic nitrogens is 2. The summed E-state index contributed by atoms with van der Waals surface area (Å²) in [5.74, 6) is 0.740. The highest BCUT2D eigenvalue weighted by Crippen LogP contribution is 2.17. The molecule has 0 aliphatic carbocycles. The average Bonchev–Trinajstić information content (AvgIpc) is 2.70. The summed E-state index contributed by atoms with van der Waals surface area (Å²) in [6.45, 7) is 5.65. The second-order valence-electron chi connectivity index (χ2n) is 6.83. The van der Waals surface area contributed by atoms with Crippen LogP contribution in [-0.4, -0.2) is 42.2 Å². The Hall–Kier alpha value is -2.86. The van der Waals surface area contributed by atoms with Crippen LogP contribution in [0.3, 0.4) is 0 Å². The number of morpholine rings is 1. The highest BCUT2D eigenvalue weighted by molar-refractivity contribution is 5.55. The summed E-state index contributed by atoms with van der Waals surface area (Å²) >= 11 is 0. The minimum atomic E-state index is -0.0394. The van der Waals surface area contributed by atoms with Crippen LogP contribution in [0.15, 0.2) is 53.5 Å². The van der Waals surface area contributed by atoms with Crippen LogP contribution in [-0.2, 0) is 11.2 Å². The van der Waals surface area contributed by atoms with Gasteiger partial charge in [-0.2, -0.15) is 0 Å². The molecule has 1 N–H and O–H groups in total. The molecule has 0 saturated carbocycles. The summed E-state index contributed by atoms with van der Waals surface area (Å²) < 4.78 is 7.08. The lowest BCUT2D eigenvalue weighted by Gasteiger charge is -2.28. The van der Waals surface area contributed by atoms with Crippen LogP contribution < -0.4 is 15.8 Å². The summed E-state index contributed by atoms with van der Waals surface area (Å²) in [6, 6.07) is 13.9. The summed E-state index contributed by atoms with van der Waals surface area (Å²) in [5, 5.41) is 3.43. The van der Waals surface area contributed by atoms with Crippen molar-refractivity contribution in [1.82, 2.24) is 9.38 Å². The van der Waals surface area contributed by atoms with Crippen LogP contribution in [0.2, 0.25) is 0 Å². The maximum atomic E-state index is 12.7. The van der Waals surface area contributed by atoms with E-state index in [1.165, 1.54) is 0 Å². The first kappa shape index (κ1) is 17.5. The third-order valence-electron chi connectivity index (χ3n) is 4.79. The van der Waals surface area contributed by atoms with Gasteiger partial charge in [-0.25, -0.2) is 4.98 Å². The molecule has 1 fully saturated rings. The Labute approximate surface area is 158 Å². The molecule has 3 aromatic rings. The number of para-hydroxylation sites is 1. The van der Waals surface area contributed by atoms with Gasteiger partial charge >= 0.3 is 0 Å². The summed E-state index contributed by atoms with van der Waals surface area (Å²) in [4.78, 5) is 19.6. The average molecular weight is 364 g/mol. The van der Waals surface area contributed by atoms with Crippen molar-refractivity contribution in [3.63, 3.8) is 0 Å².